The van der Waals surface area contributed by atoms with Crippen molar-refractivity contribution in [2.45, 2.75) is 6.54 Å². The molecule has 0 atom stereocenters. The molecule has 2 rings (SSSR count). The molecule has 98 valence electrons. The molecule has 1 aromatic carbocycles. The van der Waals surface area contributed by atoms with E-state index in [1.165, 1.54) is 24.3 Å². The fraction of sp³-hybridized carbons (Fsp3) is 0.0909. The summed E-state index contributed by atoms with van der Waals surface area (Å²) < 4.78 is 0. The van der Waals surface area contributed by atoms with Crippen LogP contribution < -0.4 is 0 Å². The first kappa shape index (κ1) is 13.0. The van der Waals surface area contributed by atoms with Crippen LogP contribution in [0.4, 0.5) is 5.82 Å². The van der Waals surface area contributed by atoms with Crippen molar-refractivity contribution in [2.24, 2.45) is 10.2 Å². The molecule has 0 amide bonds. The van der Waals surface area contributed by atoms with Crippen LogP contribution in [0.15, 0.2) is 34.5 Å². The molecule has 0 aliphatic carbocycles. The van der Waals surface area contributed by atoms with Gasteiger partial charge in [0.25, 0.3) is 0 Å². The van der Waals surface area contributed by atoms with Gasteiger partial charge in [-0.25, -0.2) is 0 Å². The highest BCUT2D eigenvalue weighted by Crippen LogP contribution is 2.37. The number of phenols is 3. The normalized spacial score (nSPS) is 11.0. The summed E-state index contributed by atoms with van der Waals surface area (Å²) in [6.45, 7) is 0.0178. The minimum Gasteiger partial charge on any atom is -0.504 e. The zero-order valence-corrected chi connectivity index (χ0v) is 10.3. The standard InChI is InChI=1S/C11H9ClN4O3/c12-8-3-4-9(16-14-8)15-13-5-6-1-2-7(17)11(19)10(6)18/h1-4,17-19H,5H2. The van der Waals surface area contributed by atoms with Gasteiger partial charge in [-0.2, -0.15) is 5.11 Å². The molecule has 2 aromatic rings. The van der Waals surface area contributed by atoms with Gasteiger partial charge in [-0.15, -0.1) is 15.3 Å². The molecule has 0 radical (unpaired) electrons. The van der Waals surface area contributed by atoms with E-state index in [2.05, 4.69) is 20.4 Å². The summed E-state index contributed by atoms with van der Waals surface area (Å²) in [7, 11) is 0. The molecule has 19 heavy (non-hydrogen) atoms. The molecule has 0 saturated heterocycles. The average Bonchev–Trinajstić information content (AvgIpc) is 2.41. The number of nitrogens with zero attached hydrogens (tertiary/aromatic N) is 4. The van der Waals surface area contributed by atoms with Crippen molar-refractivity contribution in [1.82, 2.24) is 10.2 Å². The number of aromatic hydroxyl groups is 3. The molecule has 0 fully saturated rings. The fourth-order valence-electron chi connectivity index (χ4n) is 1.28. The summed E-state index contributed by atoms with van der Waals surface area (Å²) in [5, 5.41) is 43.1. The van der Waals surface area contributed by atoms with E-state index in [-0.39, 0.29) is 17.5 Å². The second kappa shape index (κ2) is 5.49. The highest BCUT2D eigenvalue weighted by atomic mass is 35.5. The summed E-state index contributed by atoms with van der Waals surface area (Å²) in [5.74, 6) is -1.14. The molecule has 0 saturated carbocycles. The first-order valence-corrected chi connectivity index (χ1v) is 5.55. The van der Waals surface area contributed by atoms with Crippen molar-refractivity contribution in [3.63, 3.8) is 0 Å². The maximum Gasteiger partial charge on any atom is 0.200 e. The third kappa shape index (κ3) is 3.08. The van der Waals surface area contributed by atoms with Crippen LogP contribution in [0.3, 0.4) is 0 Å². The zero-order valence-electron chi connectivity index (χ0n) is 9.52. The Hall–Kier alpha value is -2.41. The second-order valence-corrected chi connectivity index (χ2v) is 3.94. The van der Waals surface area contributed by atoms with Crippen molar-refractivity contribution in [3.8, 4) is 17.2 Å². The Morgan fingerprint density at radius 2 is 1.79 bits per heavy atom. The molecule has 0 aliphatic rings. The van der Waals surface area contributed by atoms with Crippen molar-refractivity contribution < 1.29 is 15.3 Å². The fourth-order valence-corrected chi connectivity index (χ4v) is 1.39. The summed E-state index contributed by atoms with van der Waals surface area (Å²) in [6.07, 6.45) is 0. The van der Waals surface area contributed by atoms with Crippen molar-refractivity contribution >= 4 is 17.4 Å². The number of halogens is 1. The zero-order chi connectivity index (χ0) is 13.8. The molecule has 1 heterocycles. The molecular formula is C11H9ClN4O3. The van der Waals surface area contributed by atoms with Crippen molar-refractivity contribution in [3.05, 3.63) is 35.0 Å². The van der Waals surface area contributed by atoms with Crippen molar-refractivity contribution in [1.29, 1.82) is 0 Å². The summed E-state index contributed by atoms with van der Waals surface area (Å²) in [5.41, 5.74) is 0.320. The maximum absolute atomic E-state index is 9.55. The molecule has 0 aliphatic heterocycles. The average molecular weight is 281 g/mol. The van der Waals surface area contributed by atoms with Gasteiger partial charge >= 0.3 is 0 Å². The number of benzene rings is 1. The minimum atomic E-state index is -0.584. The van der Waals surface area contributed by atoms with Crippen LogP contribution in [0.5, 0.6) is 17.2 Å². The first-order valence-electron chi connectivity index (χ1n) is 5.17. The van der Waals surface area contributed by atoms with E-state index < -0.39 is 17.2 Å². The Balaban J connectivity index is 2.10. The van der Waals surface area contributed by atoms with Gasteiger partial charge in [-0.3, -0.25) is 0 Å². The minimum absolute atomic E-state index is 0.0178. The Bertz CT molecular complexity index is 616. The second-order valence-electron chi connectivity index (χ2n) is 3.55. The molecule has 0 spiro atoms. The summed E-state index contributed by atoms with van der Waals surface area (Å²) >= 11 is 5.56. The third-order valence-corrected chi connectivity index (χ3v) is 2.45. The Morgan fingerprint density at radius 3 is 2.47 bits per heavy atom. The van der Waals surface area contributed by atoms with E-state index in [0.717, 1.165) is 0 Å². The van der Waals surface area contributed by atoms with Crippen LogP contribution in [-0.2, 0) is 6.54 Å². The molecular weight excluding hydrogens is 272 g/mol. The number of azo groups is 1. The van der Waals surface area contributed by atoms with Crippen LogP contribution >= 0.6 is 11.6 Å². The maximum atomic E-state index is 9.55. The molecule has 8 heteroatoms. The van der Waals surface area contributed by atoms with Gasteiger partial charge in [0, 0.05) is 5.56 Å². The van der Waals surface area contributed by atoms with E-state index in [0.29, 0.717) is 5.56 Å². The SMILES string of the molecule is Oc1ccc(CN=Nc2ccc(Cl)nn2)c(O)c1O. The van der Waals surface area contributed by atoms with Crippen LogP contribution in [0.1, 0.15) is 5.56 Å². The Kier molecular flexibility index (Phi) is 3.76. The molecule has 7 nitrogen and oxygen atoms in total. The lowest BCUT2D eigenvalue weighted by Gasteiger charge is -2.04. The number of aromatic nitrogens is 2. The quantitative estimate of drug-likeness (QED) is 0.591. The summed E-state index contributed by atoms with van der Waals surface area (Å²) in [6, 6.07) is 5.73. The van der Waals surface area contributed by atoms with E-state index in [1.54, 1.807) is 0 Å². The van der Waals surface area contributed by atoms with E-state index in [9.17, 15) is 10.2 Å². The monoisotopic (exact) mass is 280 g/mol. The van der Waals surface area contributed by atoms with E-state index in [1.807, 2.05) is 0 Å². The van der Waals surface area contributed by atoms with E-state index >= 15 is 0 Å². The molecule has 3 N–H and O–H groups in total. The van der Waals surface area contributed by atoms with Gasteiger partial charge in [0.15, 0.2) is 22.5 Å². The lowest BCUT2D eigenvalue weighted by atomic mass is 10.2. The van der Waals surface area contributed by atoms with Crippen LogP contribution in [-0.4, -0.2) is 25.5 Å². The van der Waals surface area contributed by atoms with Gasteiger partial charge in [0.2, 0.25) is 5.75 Å². The molecule has 0 bridgehead atoms. The topological polar surface area (TPSA) is 111 Å². The number of hydrogen-bond donors (Lipinski definition) is 3. The predicted octanol–water partition coefficient (Wildman–Crippen LogP) is 2.53. The predicted molar refractivity (Wildman–Crippen MR) is 66.7 cm³/mol. The smallest absolute Gasteiger partial charge is 0.200 e. The largest absolute Gasteiger partial charge is 0.504 e. The lowest BCUT2D eigenvalue weighted by Crippen LogP contribution is -1.84. The third-order valence-electron chi connectivity index (χ3n) is 2.25. The van der Waals surface area contributed by atoms with E-state index in [4.69, 9.17) is 16.7 Å². The number of rotatable bonds is 3. The van der Waals surface area contributed by atoms with Gasteiger partial charge in [0.05, 0.1) is 6.54 Å². The van der Waals surface area contributed by atoms with Gasteiger partial charge in [0.1, 0.15) is 0 Å². The van der Waals surface area contributed by atoms with Crippen LogP contribution in [0.2, 0.25) is 5.15 Å². The number of hydrogen-bond acceptors (Lipinski definition) is 7. The van der Waals surface area contributed by atoms with Crippen LogP contribution in [0, 0.1) is 0 Å². The van der Waals surface area contributed by atoms with Gasteiger partial charge in [-0.05, 0) is 24.3 Å². The number of phenolic OH excluding ortho intramolecular Hbond substituents is 3. The highest BCUT2D eigenvalue weighted by molar-refractivity contribution is 6.29. The van der Waals surface area contributed by atoms with Crippen LogP contribution in [0.25, 0.3) is 0 Å². The Morgan fingerprint density at radius 1 is 1.00 bits per heavy atom. The first-order chi connectivity index (χ1) is 9.08. The lowest BCUT2D eigenvalue weighted by molar-refractivity contribution is 0.365. The molecule has 0 unspecified atom stereocenters. The highest BCUT2D eigenvalue weighted by Gasteiger charge is 2.10. The van der Waals surface area contributed by atoms with Crippen molar-refractivity contribution in [2.75, 3.05) is 0 Å². The Labute approximate surface area is 112 Å². The van der Waals surface area contributed by atoms with Gasteiger partial charge in [-0.1, -0.05) is 11.6 Å². The summed E-state index contributed by atoms with van der Waals surface area (Å²) in [4.78, 5) is 0. The molecule has 1 aromatic heterocycles. The van der Waals surface area contributed by atoms with Gasteiger partial charge < -0.3 is 15.3 Å².